The molecule has 0 saturated carbocycles. The number of carbonyl (C=O) groups is 1. The Kier molecular flexibility index (Phi) is 4.82. The highest BCUT2D eigenvalue weighted by molar-refractivity contribution is 5.94. The van der Waals surface area contributed by atoms with Crippen molar-refractivity contribution in [3.8, 4) is 0 Å². The number of aryl methyl sites for hydroxylation is 1. The van der Waals surface area contributed by atoms with Crippen LogP contribution in [0, 0.1) is 6.92 Å². The fourth-order valence-electron chi connectivity index (χ4n) is 4.51. The molecule has 22 heavy (non-hydrogen) atoms. The molecule has 1 aromatic carbocycles. The van der Waals surface area contributed by atoms with Gasteiger partial charge < -0.3 is 10.2 Å². The van der Waals surface area contributed by atoms with Crippen LogP contribution < -0.4 is 10.2 Å². The van der Waals surface area contributed by atoms with Gasteiger partial charge in [-0.2, -0.15) is 0 Å². The number of hydrogen-bond acceptors (Lipinski definition) is 1. The monoisotopic (exact) mass is 301 g/mol. The van der Waals surface area contributed by atoms with E-state index in [-0.39, 0.29) is 5.91 Å². The van der Waals surface area contributed by atoms with Crippen LogP contribution in [-0.2, 0) is 0 Å². The Morgan fingerprint density at radius 2 is 2.00 bits per heavy atom. The van der Waals surface area contributed by atoms with Gasteiger partial charge in [0.1, 0.15) is 0 Å². The summed E-state index contributed by atoms with van der Waals surface area (Å²) in [5.74, 6) is 0.103. The number of amides is 1. The normalized spacial score (nSPS) is 30.8. The summed E-state index contributed by atoms with van der Waals surface area (Å²) >= 11 is 0. The number of benzene rings is 1. The maximum atomic E-state index is 12.5. The molecule has 2 heterocycles. The van der Waals surface area contributed by atoms with Gasteiger partial charge in [0, 0.05) is 24.4 Å². The molecule has 0 aromatic heterocycles. The van der Waals surface area contributed by atoms with Crippen LogP contribution >= 0.6 is 0 Å². The molecule has 120 valence electrons. The molecule has 1 aromatic rings. The van der Waals surface area contributed by atoms with Crippen LogP contribution in [0.5, 0.6) is 0 Å². The molecule has 0 aliphatic carbocycles. The largest absolute Gasteiger partial charge is 0.349 e. The van der Waals surface area contributed by atoms with Gasteiger partial charge in [0.25, 0.3) is 5.91 Å². The smallest absolute Gasteiger partial charge is 0.251 e. The predicted octanol–water partition coefficient (Wildman–Crippen LogP) is 2.10. The molecule has 3 rings (SSSR count). The average Bonchev–Trinajstić information content (AvgIpc) is 2.48. The van der Waals surface area contributed by atoms with Crippen molar-refractivity contribution in [2.75, 3.05) is 6.54 Å². The Morgan fingerprint density at radius 1 is 1.27 bits per heavy atom. The predicted molar refractivity (Wildman–Crippen MR) is 89.2 cm³/mol. The summed E-state index contributed by atoms with van der Waals surface area (Å²) in [7, 11) is 0. The van der Waals surface area contributed by atoms with Crippen molar-refractivity contribution in [2.45, 2.75) is 70.5 Å². The Labute approximate surface area is 134 Å². The minimum absolute atomic E-state index is 0.103. The maximum absolute atomic E-state index is 12.5. The van der Waals surface area contributed by atoms with Crippen LogP contribution in [0.4, 0.5) is 0 Å². The summed E-state index contributed by atoms with van der Waals surface area (Å²) in [5.41, 5.74) is 1.94. The van der Waals surface area contributed by atoms with E-state index in [1.807, 2.05) is 36.1 Å². The van der Waals surface area contributed by atoms with Crippen molar-refractivity contribution < 1.29 is 9.69 Å². The van der Waals surface area contributed by atoms with Gasteiger partial charge in [-0.25, -0.2) is 0 Å². The lowest BCUT2D eigenvalue weighted by atomic mass is 9.81. The molecule has 4 atom stereocenters. The highest BCUT2D eigenvalue weighted by Crippen LogP contribution is 2.22. The second kappa shape index (κ2) is 6.82. The van der Waals surface area contributed by atoms with Crippen molar-refractivity contribution in [2.24, 2.45) is 0 Å². The van der Waals surface area contributed by atoms with Crippen LogP contribution in [0.15, 0.2) is 24.3 Å². The van der Waals surface area contributed by atoms with E-state index in [4.69, 9.17) is 0 Å². The molecule has 2 unspecified atom stereocenters. The van der Waals surface area contributed by atoms with Crippen LogP contribution in [0.1, 0.15) is 61.4 Å². The average molecular weight is 301 g/mol. The molecule has 1 amide bonds. The highest BCUT2D eigenvalue weighted by Gasteiger charge is 2.41. The molecule has 2 bridgehead atoms. The zero-order valence-corrected chi connectivity index (χ0v) is 13.9. The molecule has 2 N–H and O–H groups in total. The van der Waals surface area contributed by atoms with E-state index in [0.717, 1.165) is 36.1 Å². The molecule has 0 radical (unpaired) electrons. The SMILES string of the molecule is CCC[NH+]1[C@@H]2CCC[C@H]1CC(NC(=O)c1cccc(C)c1)C2. The molecule has 2 aliphatic heterocycles. The first-order chi connectivity index (χ1) is 10.7. The van der Waals surface area contributed by atoms with Gasteiger partial charge in [-0.05, 0) is 44.7 Å². The Hall–Kier alpha value is -1.35. The van der Waals surface area contributed by atoms with E-state index < -0.39 is 0 Å². The first-order valence-corrected chi connectivity index (χ1v) is 8.90. The first kappa shape index (κ1) is 15.5. The minimum atomic E-state index is 0.103. The van der Waals surface area contributed by atoms with E-state index >= 15 is 0 Å². The topological polar surface area (TPSA) is 33.5 Å². The number of carbonyl (C=O) groups excluding carboxylic acids is 1. The van der Waals surface area contributed by atoms with Gasteiger partial charge in [0.15, 0.2) is 0 Å². The maximum Gasteiger partial charge on any atom is 0.251 e. The van der Waals surface area contributed by atoms with E-state index in [1.165, 1.54) is 32.2 Å². The van der Waals surface area contributed by atoms with Crippen LogP contribution in [-0.4, -0.2) is 30.6 Å². The second-order valence-electron chi connectivity index (χ2n) is 7.16. The van der Waals surface area contributed by atoms with E-state index in [0.29, 0.717) is 6.04 Å². The Morgan fingerprint density at radius 3 is 2.64 bits per heavy atom. The minimum Gasteiger partial charge on any atom is -0.349 e. The first-order valence-electron chi connectivity index (χ1n) is 8.90. The van der Waals surface area contributed by atoms with E-state index in [9.17, 15) is 4.79 Å². The van der Waals surface area contributed by atoms with E-state index in [1.54, 1.807) is 0 Å². The Balaban J connectivity index is 1.63. The molecule has 2 aliphatic rings. The summed E-state index contributed by atoms with van der Waals surface area (Å²) in [6.07, 6.45) is 7.63. The lowest BCUT2D eigenvalue weighted by molar-refractivity contribution is -0.961. The van der Waals surface area contributed by atoms with Crippen molar-refractivity contribution >= 4 is 5.91 Å². The Bertz CT molecular complexity index is 514. The zero-order chi connectivity index (χ0) is 15.5. The third-order valence-corrected chi connectivity index (χ3v) is 5.45. The summed E-state index contributed by atoms with van der Waals surface area (Å²) in [6.45, 7) is 5.62. The third-order valence-electron chi connectivity index (χ3n) is 5.45. The number of nitrogens with one attached hydrogen (secondary N) is 2. The van der Waals surface area contributed by atoms with Crippen LogP contribution in [0.2, 0.25) is 0 Å². The lowest BCUT2D eigenvalue weighted by Gasteiger charge is -2.46. The molecule has 3 heteroatoms. The molecule has 0 spiro atoms. The van der Waals surface area contributed by atoms with Crippen molar-refractivity contribution in [1.82, 2.24) is 5.32 Å². The number of piperidine rings is 2. The van der Waals surface area contributed by atoms with Gasteiger partial charge >= 0.3 is 0 Å². The van der Waals surface area contributed by atoms with Crippen molar-refractivity contribution in [3.63, 3.8) is 0 Å². The quantitative estimate of drug-likeness (QED) is 0.877. The number of quaternary nitrogens is 1. The summed E-state index contributed by atoms with van der Waals surface area (Å²) in [6, 6.07) is 9.78. The number of hydrogen-bond donors (Lipinski definition) is 2. The zero-order valence-electron chi connectivity index (χ0n) is 13.9. The van der Waals surface area contributed by atoms with Crippen LogP contribution in [0.25, 0.3) is 0 Å². The van der Waals surface area contributed by atoms with Crippen molar-refractivity contribution in [3.05, 3.63) is 35.4 Å². The summed E-state index contributed by atoms with van der Waals surface area (Å²) in [4.78, 5) is 14.3. The van der Waals surface area contributed by atoms with Gasteiger partial charge in [0.05, 0.1) is 18.6 Å². The second-order valence-corrected chi connectivity index (χ2v) is 7.16. The van der Waals surface area contributed by atoms with Gasteiger partial charge in [-0.3, -0.25) is 4.79 Å². The molecular formula is C19H29N2O+. The fourth-order valence-corrected chi connectivity index (χ4v) is 4.51. The third kappa shape index (κ3) is 3.35. The van der Waals surface area contributed by atoms with E-state index in [2.05, 4.69) is 12.2 Å². The molecule has 2 saturated heterocycles. The molecule has 2 fully saturated rings. The molecule has 3 nitrogen and oxygen atoms in total. The summed E-state index contributed by atoms with van der Waals surface area (Å²) < 4.78 is 0. The van der Waals surface area contributed by atoms with Crippen LogP contribution in [0.3, 0.4) is 0 Å². The number of rotatable bonds is 4. The summed E-state index contributed by atoms with van der Waals surface area (Å²) in [5, 5.41) is 3.30. The van der Waals surface area contributed by atoms with Gasteiger partial charge in [-0.1, -0.05) is 24.6 Å². The van der Waals surface area contributed by atoms with Crippen molar-refractivity contribution in [1.29, 1.82) is 0 Å². The van der Waals surface area contributed by atoms with Gasteiger partial charge in [0.2, 0.25) is 0 Å². The molecular weight excluding hydrogens is 272 g/mol. The highest BCUT2D eigenvalue weighted by atomic mass is 16.1. The fraction of sp³-hybridized carbons (Fsp3) is 0.632. The number of fused-ring (bicyclic) bond motifs is 2. The lowest BCUT2D eigenvalue weighted by Crippen LogP contribution is -3.21. The van der Waals surface area contributed by atoms with Gasteiger partial charge in [-0.15, -0.1) is 0 Å². The standard InChI is InChI=1S/C19H28N2O/c1-3-10-21-17-8-5-9-18(21)13-16(12-17)20-19(22)15-7-4-6-14(2)11-15/h4,6-7,11,16-18H,3,5,8-10,12-13H2,1-2H3,(H,20,22)/p+1/t16?,17-,18+.